The van der Waals surface area contributed by atoms with Crippen LogP contribution in [0, 0.1) is 6.92 Å². The van der Waals surface area contributed by atoms with E-state index < -0.39 is 18.3 Å². The van der Waals surface area contributed by atoms with Gasteiger partial charge in [-0.05, 0) is 40.7 Å². The minimum absolute atomic E-state index is 0.163. The molecule has 0 aromatic carbocycles. The number of nitrogens with zero attached hydrogens (tertiary/aromatic N) is 4. The summed E-state index contributed by atoms with van der Waals surface area (Å²) >= 11 is 0. The summed E-state index contributed by atoms with van der Waals surface area (Å²) in [5, 5.41) is 3.99. The lowest BCUT2D eigenvalue weighted by Crippen LogP contribution is -2.41. The number of hydrogen-bond acceptors (Lipinski definition) is 6. The molecule has 27 heavy (non-hydrogen) atoms. The molecule has 0 saturated carbocycles. The lowest BCUT2D eigenvalue weighted by Gasteiger charge is -2.32. The van der Waals surface area contributed by atoms with E-state index in [-0.39, 0.29) is 5.69 Å². The van der Waals surface area contributed by atoms with Crippen molar-refractivity contribution in [3.63, 3.8) is 0 Å². The van der Waals surface area contributed by atoms with Crippen LogP contribution < -0.4 is 11.2 Å². The van der Waals surface area contributed by atoms with Gasteiger partial charge >= 0.3 is 12.8 Å². The fourth-order valence-corrected chi connectivity index (χ4v) is 3.21. The van der Waals surface area contributed by atoms with Crippen molar-refractivity contribution in [3.05, 3.63) is 40.3 Å². The fraction of sp³-hybridized carbons (Fsp3) is 0.500. The molecule has 0 atom stereocenters. The first kappa shape index (κ1) is 18.0. The van der Waals surface area contributed by atoms with Crippen molar-refractivity contribution in [2.45, 2.75) is 52.4 Å². The normalized spacial score (nSPS) is 18.5. The van der Waals surface area contributed by atoms with Gasteiger partial charge in [-0.1, -0.05) is 5.16 Å². The number of fused-ring (bicyclic) bond motifs is 1. The van der Waals surface area contributed by atoms with E-state index >= 15 is 0 Å². The molecule has 0 bridgehead atoms. The van der Waals surface area contributed by atoms with Crippen molar-refractivity contribution in [2.75, 3.05) is 0 Å². The highest BCUT2D eigenvalue weighted by Gasteiger charge is 2.51. The summed E-state index contributed by atoms with van der Waals surface area (Å²) < 4.78 is 20.5. The van der Waals surface area contributed by atoms with Crippen molar-refractivity contribution >= 4 is 23.7 Å². The average molecular weight is 370 g/mol. The van der Waals surface area contributed by atoms with Gasteiger partial charge in [0.2, 0.25) is 0 Å². The minimum Gasteiger partial charge on any atom is -0.399 e. The van der Waals surface area contributed by atoms with E-state index in [0.717, 1.165) is 5.46 Å². The Morgan fingerprint density at radius 2 is 1.81 bits per heavy atom. The zero-order valence-corrected chi connectivity index (χ0v) is 16.4. The van der Waals surface area contributed by atoms with Crippen molar-refractivity contribution in [1.29, 1.82) is 0 Å². The van der Waals surface area contributed by atoms with E-state index in [1.165, 1.54) is 4.57 Å². The second kappa shape index (κ2) is 5.80. The van der Waals surface area contributed by atoms with E-state index in [9.17, 15) is 4.79 Å². The maximum atomic E-state index is 12.7. The van der Waals surface area contributed by atoms with Gasteiger partial charge in [0.05, 0.1) is 23.3 Å². The van der Waals surface area contributed by atoms with Crippen LogP contribution in [0.4, 0.5) is 0 Å². The van der Waals surface area contributed by atoms with Crippen molar-refractivity contribution in [2.24, 2.45) is 7.05 Å². The number of rotatable bonds is 3. The summed E-state index contributed by atoms with van der Waals surface area (Å²) in [6.45, 7) is 10.1. The third-order valence-electron chi connectivity index (χ3n) is 5.52. The van der Waals surface area contributed by atoms with Gasteiger partial charge in [0.1, 0.15) is 11.5 Å². The first-order valence-corrected chi connectivity index (χ1v) is 8.92. The van der Waals surface area contributed by atoms with Crippen molar-refractivity contribution in [3.8, 4) is 0 Å². The first-order chi connectivity index (χ1) is 12.6. The lowest BCUT2D eigenvalue weighted by atomic mass is 9.80. The van der Waals surface area contributed by atoms with Crippen LogP contribution in [0.1, 0.15) is 39.1 Å². The summed E-state index contributed by atoms with van der Waals surface area (Å²) in [6.07, 6.45) is 1.70. The Bertz CT molecular complexity index is 1060. The van der Waals surface area contributed by atoms with E-state index in [4.69, 9.17) is 13.8 Å². The third-order valence-corrected chi connectivity index (χ3v) is 5.52. The molecule has 4 rings (SSSR count). The van der Waals surface area contributed by atoms with Gasteiger partial charge < -0.3 is 13.8 Å². The molecule has 3 aromatic rings. The Morgan fingerprint density at radius 3 is 2.41 bits per heavy atom. The number of aryl methyl sites for hydroxylation is 2. The van der Waals surface area contributed by atoms with Gasteiger partial charge in [-0.2, -0.15) is 0 Å². The highest BCUT2D eigenvalue weighted by atomic mass is 16.7. The second-order valence-electron chi connectivity index (χ2n) is 8.06. The Hall–Kier alpha value is -2.39. The second-order valence-corrected chi connectivity index (χ2v) is 8.06. The number of aromatic nitrogens is 4. The quantitative estimate of drug-likeness (QED) is 0.648. The molecular weight excluding hydrogens is 347 g/mol. The Morgan fingerprint density at radius 1 is 1.15 bits per heavy atom. The van der Waals surface area contributed by atoms with Crippen LogP contribution in [0.15, 0.2) is 27.6 Å². The lowest BCUT2D eigenvalue weighted by molar-refractivity contribution is 0.00578. The summed E-state index contributed by atoms with van der Waals surface area (Å²) in [7, 11) is 1.17. The van der Waals surface area contributed by atoms with Crippen LogP contribution in [0.3, 0.4) is 0 Å². The van der Waals surface area contributed by atoms with Gasteiger partial charge in [-0.15, -0.1) is 0 Å². The Balaban J connectivity index is 1.78. The number of imidazole rings is 1. The molecular formula is C18H23BN4O4. The molecule has 1 fully saturated rings. The van der Waals surface area contributed by atoms with Gasteiger partial charge in [0.15, 0.2) is 5.65 Å². The molecule has 0 unspecified atom stereocenters. The molecule has 0 amide bonds. The van der Waals surface area contributed by atoms with Crippen molar-refractivity contribution < 1.29 is 13.8 Å². The molecule has 4 heterocycles. The zero-order valence-electron chi connectivity index (χ0n) is 16.4. The van der Waals surface area contributed by atoms with Crippen LogP contribution in [0.2, 0.25) is 0 Å². The minimum atomic E-state index is -0.537. The first-order valence-electron chi connectivity index (χ1n) is 8.92. The van der Waals surface area contributed by atoms with Crippen LogP contribution in [0.25, 0.3) is 11.2 Å². The molecule has 0 radical (unpaired) electrons. The number of hydrogen-bond donors (Lipinski definition) is 0. The smallest absolute Gasteiger partial charge is 0.399 e. The summed E-state index contributed by atoms with van der Waals surface area (Å²) in [6, 6.07) is 3.72. The Labute approximate surface area is 157 Å². The van der Waals surface area contributed by atoms with E-state index in [1.54, 1.807) is 17.8 Å². The summed E-state index contributed by atoms with van der Waals surface area (Å²) in [5.41, 5.74) is 1.71. The highest BCUT2D eigenvalue weighted by Crippen LogP contribution is 2.36. The molecule has 9 heteroatoms. The van der Waals surface area contributed by atoms with Gasteiger partial charge in [-0.3, -0.25) is 9.13 Å². The molecule has 1 aliphatic rings. The fourth-order valence-electron chi connectivity index (χ4n) is 3.21. The predicted molar refractivity (Wildman–Crippen MR) is 101 cm³/mol. The summed E-state index contributed by atoms with van der Waals surface area (Å²) in [4.78, 5) is 17.2. The molecule has 0 aliphatic carbocycles. The topological polar surface area (TPSA) is 84.3 Å². The van der Waals surface area contributed by atoms with Crippen molar-refractivity contribution in [1.82, 2.24) is 19.3 Å². The molecule has 1 aliphatic heterocycles. The van der Waals surface area contributed by atoms with Crippen LogP contribution in [-0.4, -0.2) is 37.6 Å². The third kappa shape index (κ3) is 2.81. The van der Waals surface area contributed by atoms with Gasteiger partial charge in [-0.25, -0.2) is 9.78 Å². The largest absolute Gasteiger partial charge is 0.496 e. The van der Waals surface area contributed by atoms with Gasteiger partial charge in [0, 0.05) is 24.8 Å². The zero-order chi connectivity index (χ0) is 19.6. The molecule has 142 valence electrons. The number of pyridine rings is 1. The van der Waals surface area contributed by atoms with E-state index in [1.807, 2.05) is 46.8 Å². The predicted octanol–water partition coefficient (Wildman–Crippen LogP) is 1.38. The molecule has 8 nitrogen and oxygen atoms in total. The molecule has 1 saturated heterocycles. The summed E-state index contributed by atoms with van der Waals surface area (Å²) in [5.74, 6) is 0.703. The molecule has 0 N–H and O–H groups in total. The molecule has 3 aromatic heterocycles. The van der Waals surface area contributed by atoms with E-state index in [2.05, 4.69) is 10.1 Å². The SMILES string of the molecule is Cc1cc(Cn2c(=O)n(C)c3ncc(B4OC(C)(C)C(C)(C)O4)cc32)no1. The van der Waals surface area contributed by atoms with Crippen LogP contribution in [-0.2, 0) is 22.9 Å². The monoisotopic (exact) mass is 370 g/mol. The van der Waals surface area contributed by atoms with Crippen LogP contribution >= 0.6 is 0 Å². The van der Waals surface area contributed by atoms with Gasteiger partial charge in [0.25, 0.3) is 0 Å². The highest BCUT2D eigenvalue weighted by molar-refractivity contribution is 6.62. The standard InChI is InChI=1S/C18H23BN4O4/c1-11-7-13(21-25-11)10-23-14-8-12(9-20-15(14)22(6)16(23)24)19-26-17(2,3)18(4,5)27-19/h7-9H,10H2,1-6H3. The Kier molecular flexibility index (Phi) is 3.87. The van der Waals surface area contributed by atoms with Crippen LogP contribution in [0.5, 0.6) is 0 Å². The maximum absolute atomic E-state index is 12.7. The van der Waals surface area contributed by atoms with E-state index in [0.29, 0.717) is 29.2 Å². The maximum Gasteiger partial charge on any atom is 0.496 e. The average Bonchev–Trinajstić information content (AvgIpc) is 3.17. The molecule has 0 spiro atoms.